The first-order valence-corrected chi connectivity index (χ1v) is 10.9. The number of nitro benzene ring substituents is 1. The van der Waals surface area contributed by atoms with Crippen LogP contribution in [0.5, 0.6) is 11.5 Å². The Labute approximate surface area is 173 Å². The van der Waals surface area contributed by atoms with Gasteiger partial charge in [-0.05, 0) is 24.6 Å². The van der Waals surface area contributed by atoms with Crippen molar-refractivity contribution in [3.05, 3.63) is 58.1 Å². The minimum atomic E-state index is -3.87. The van der Waals surface area contributed by atoms with Crippen molar-refractivity contribution in [1.29, 1.82) is 0 Å². The van der Waals surface area contributed by atoms with Gasteiger partial charge in [-0.1, -0.05) is 18.2 Å². The monoisotopic (exact) mass is 435 g/mol. The molecule has 1 heterocycles. The molecule has 0 aromatic heterocycles. The molecule has 10 nitrogen and oxygen atoms in total. The normalized spacial score (nSPS) is 15.3. The van der Waals surface area contributed by atoms with Crippen LogP contribution in [0.15, 0.2) is 42.5 Å². The third-order valence-corrected chi connectivity index (χ3v) is 5.58. The molecule has 1 atom stereocenters. The van der Waals surface area contributed by atoms with Crippen LogP contribution < -0.4 is 19.1 Å². The topological polar surface area (TPSA) is 128 Å². The zero-order valence-corrected chi connectivity index (χ0v) is 17.2. The van der Waals surface area contributed by atoms with Crippen LogP contribution in [0.3, 0.4) is 0 Å². The molecule has 0 saturated carbocycles. The fraction of sp³-hybridized carbons (Fsp3) is 0.316. The minimum absolute atomic E-state index is 0.0769. The van der Waals surface area contributed by atoms with E-state index in [0.717, 1.165) is 16.6 Å². The fourth-order valence-electron chi connectivity index (χ4n) is 2.94. The lowest BCUT2D eigenvalue weighted by Gasteiger charge is -2.27. The maximum Gasteiger partial charge on any atom is 0.271 e. The van der Waals surface area contributed by atoms with Gasteiger partial charge in [-0.3, -0.25) is 19.2 Å². The summed E-state index contributed by atoms with van der Waals surface area (Å²) in [7, 11) is -3.87. The number of non-ortho nitro benzene ring substituents is 1. The van der Waals surface area contributed by atoms with Gasteiger partial charge in [0, 0.05) is 12.1 Å². The molecule has 0 spiro atoms. The predicted octanol–water partition coefficient (Wildman–Crippen LogP) is 1.63. The molecule has 1 aliphatic rings. The molecule has 3 rings (SSSR count). The second kappa shape index (κ2) is 8.57. The summed E-state index contributed by atoms with van der Waals surface area (Å²) in [5.74, 6) is 0.603. The zero-order valence-electron chi connectivity index (χ0n) is 16.4. The summed E-state index contributed by atoms with van der Waals surface area (Å²) in [6.07, 6.45) is 0.503. The van der Waals surface area contributed by atoms with Crippen LogP contribution in [0.2, 0.25) is 0 Å². The van der Waals surface area contributed by atoms with E-state index in [9.17, 15) is 23.3 Å². The van der Waals surface area contributed by atoms with Crippen molar-refractivity contribution < 1.29 is 27.6 Å². The van der Waals surface area contributed by atoms with Crippen molar-refractivity contribution in [1.82, 2.24) is 5.32 Å². The van der Waals surface area contributed by atoms with Crippen molar-refractivity contribution in [3.8, 4) is 11.5 Å². The van der Waals surface area contributed by atoms with Gasteiger partial charge >= 0.3 is 0 Å². The first-order chi connectivity index (χ1) is 14.1. The molecule has 0 saturated heterocycles. The van der Waals surface area contributed by atoms with E-state index < -0.39 is 33.5 Å². The molecular formula is C19H21N3O7S. The Balaban J connectivity index is 1.69. The smallest absolute Gasteiger partial charge is 0.271 e. The third kappa shape index (κ3) is 4.98. The Morgan fingerprint density at radius 1 is 1.27 bits per heavy atom. The van der Waals surface area contributed by atoms with Gasteiger partial charge in [0.1, 0.15) is 19.3 Å². The quantitative estimate of drug-likeness (QED) is 0.517. The number of ether oxygens (including phenoxy) is 2. The molecular weight excluding hydrogens is 414 g/mol. The summed E-state index contributed by atoms with van der Waals surface area (Å²) in [5, 5.41) is 13.7. The molecule has 0 fully saturated rings. The number of hydrogen-bond acceptors (Lipinski definition) is 7. The number of anilines is 1. The molecule has 1 amide bonds. The highest BCUT2D eigenvalue weighted by molar-refractivity contribution is 7.92. The Morgan fingerprint density at radius 3 is 2.63 bits per heavy atom. The summed E-state index contributed by atoms with van der Waals surface area (Å²) in [6, 6.07) is 11.0. The SMILES string of the molecule is Cc1ccc([N+](=O)[O-])cc1N(CC(=O)NC[C@@H]1COc2ccccc2O1)S(C)(=O)=O. The lowest BCUT2D eigenvalue weighted by Crippen LogP contribution is -2.45. The van der Waals surface area contributed by atoms with E-state index in [1.165, 1.54) is 12.1 Å². The highest BCUT2D eigenvalue weighted by atomic mass is 32.2. The van der Waals surface area contributed by atoms with E-state index in [4.69, 9.17) is 9.47 Å². The van der Waals surface area contributed by atoms with Gasteiger partial charge in [-0.2, -0.15) is 0 Å². The highest BCUT2D eigenvalue weighted by Gasteiger charge is 2.26. The van der Waals surface area contributed by atoms with Crippen LogP contribution in [0.1, 0.15) is 5.56 Å². The molecule has 1 aliphatic heterocycles. The number of sulfonamides is 1. The lowest BCUT2D eigenvalue weighted by molar-refractivity contribution is -0.384. The van der Waals surface area contributed by atoms with Crippen molar-refractivity contribution in [2.45, 2.75) is 13.0 Å². The number of fused-ring (bicyclic) bond motifs is 1. The van der Waals surface area contributed by atoms with Crippen molar-refractivity contribution in [2.75, 3.05) is 30.3 Å². The van der Waals surface area contributed by atoms with E-state index >= 15 is 0 Å². The summed E-state index contributed by atoms with van der Waals surface area (Å²) in [5.41, 5.74) is 0.295. The van der Waals surface area contributed by atoms with E-state index in [-0.39, 0.29) is 24.5 Å². The number of amides is 1. The molecule has 30 heavy (non-hydrogen) atoms. The van der Waals surface area contributed by atoms with Gasteiger partial charge < -0.3 is 14.8 Å². The Morgan fingerprint density at radius 2 is 1.97 bits per heavy atom. The number of para-hydroxylation sites is 2. The second-order valence-corrected chi connectivity index (χ2v) is 8.71. The van der Waals surface area contributed by atoms with Crippen molar-refractivity contribution in [2.24, 2.45) is 0 Å². The van der Waals surface area contributed by atoms with Gasteiger partial charge in [0.15, 0.2) is 11.5 Å². The largest absolute Gasteiger partial charge is 0.486 e. The highest BCUT2D eigenvalue weighted by Crippen LogP contribution is 2.31. The van der Waals surface area contributed by atoms with Crippen LogP contribution >= 0.6 is 0 Å². The number of nitrogens with one attached hydrogen (secondary N) is 1. The van der Waals surface area contributed by atoms with Gasteiger partial charge in [-0.15, -0.1) is 0 Å². The van der Waals surface area contributed by atoms with Gasteiger partial charge in [0.25, 0.3) is 5.69 Å². The number of hydrogen-bond donors (Lipinski definition) is 1. The van der Waals surface area contributed by atoms with Crippen LogP contribution in [0.25, 0.3) is 0 Å². The number of aryl methyl sites for hydroxylation is 1. The number of carbonyl (C=O) groups is 1. The predicted molar refractivity (Wildman–Crippen MR) is 109 cm³/mol. The average molecular weight is 435 g/mol. The van der Waals surface area contributed by atoms with E-state index in [0.29, 0.717) is 17.1 Å². The number of carbonyl (C=O) groups excluding carboxylic acids is 1. The number of benzene rings is 2. The fourth-order valence-corrected chi connectivity index (χ4v) is 3.84. The zero-order chi connectivity index (χ0) is 21.9. The first-order valence-electron chi connectivity index (χ1n) is 9.03. The summed E-state index contributed by atoms with van der Waals surface area (Å²) >= 11 is 0. The van der Waals surface area contributed by atoms with Crippen LogP contribution in [0.4, 0.5) is 11.4 Å². The Bertz CT molecular complexity index is 1070. The Kier molecular flexibility index (Phi) is 6.11. The molecule has 0 aliphatic carbocycles. The van der Waals surface area contributed by atoms with E-state index in [1.807, 2.05) is 6.07 Å². The number of nitro groups is 1. The second-order valence-electron chi connectivity index (χ2n) is 6.80. The summed E-state index contributed by atoms with van der Waals surface area (Å²) in [6.45, 7) is 1.43. The molecule has 11 heteroatoms. The summed E-state index contributed by atoms with van der Waals surface area (Å²) < 4.78 is 36.7. The van der Waals surface area contributed by atoms with Crippen LogP contribution in [0, 0.1) is 17.0 Å². The maximum absolute atomic E-state index is 12.4. The summed E-state index contributed by atoms with van der Waals surface area (Å²) in [4.78, 5) is 22.9. The molecule has 0 radical (unpaired) electrons. The minimum Gasteiger partial charge on any atom is -0.486 e. The van der Waals surface area contributed by atoms with Crippen molar-refractivity contribution in [3.63, 3.8) is 0 Å². The van der Waals surface area contributed by atoms with Gasteiger partial charge in [-0.25, -0.2) is 8.42 Å². The number of nitrogens with zero attached hydrogens (tertiary/aromatic N) is 2. The van der Waals surface area contributed by atoms with Gasteiger partial charge in [0.05, 0.1) is 23.4 Å². The molecule has 1 N–H and O–H groups in total. The maximum atomic E-state index is 12.4. The average Bonchev–Trinajstić information content (AvgIpc) is 2.70. The first kappa shape index (κ1) is 21.4. The lowest BCUT2D eigenvalue weighted by atomic mass is 10.2. The van der Waals surface area contributed by atoms with E-state index in [2.05, 4.69) is 5.32 Å². The molecule has 0 unspecified atom stereocenters. The molecule has 0 bridgehead atoms. The van der Waals surface area contributed by atoms with Gasteiger partial charge in [0.2, 0.25) is 15.9 Å². The molecule has 160 valence electrons. The molecule has 2 aromatic rings. The van der Waals surface area contributed by atoms with Crippen molar-refractivity contribution >= 4 is 27.3 Å². The third-order valence-electron chi connectivity index (χ3n) is 4.45. The van der Waals surface area contributed by atoms with Crippen LogP contribution in [-0.2, 0) is 14.8 Å². The standard InChI is InChI=1S/C19H21N3O7S/c1-13-7-8-14(22(24)25)9-16(13)21(30(2,26)27)11-19(23)20-10-15-12-28-17-5-3-4-6-18(17)29-15/h3-9,15H,10-12H2,1-2H3,(H,20,23)/t15-/m1/s1. The van der Waals surface area contributed by atoms with Crippen LogP contribution in [-0.4, -0.2) is 51.3 Å². The number of rotatable bonds is 7. The Hall–Kier alpha value is -3.34. The van der Waals surface area contributed by atoms with E-state index in [1.54, 1.807) is 25.1 Å². The molecule has 2 aromatic carbocycles.